The van der Waals surface area contributed by atoms with Gasteiger partial charge in [-0.2, -0.15) is 0 Å². The van der Waals surface area contributed by atoms with Crippen molar-refractivity contribution >= 4 is 5.69 Å². The van der Waals surface area contributed by atoms with Gasteiger partial charge in [0.2, 0.25) is 0 Å². The Balaban J connectivity index is 2.11. The minimum absolute atomic E-state index is 0.921. The molecule has 0 radical (unpaired) electrons. The predicted molar refractivity (Wildman–Crippen MR) is 61.7 cm³/mol. The Kier molecular flexibility index (Phi) is 2.98. The molecular formula is C13H15N2+. The molecule has 0 fully saturated rings. The third-order valence-electron chi connectivity index (χ3n) is 2.39. The van der Waals surface area contributed by atoms with Crippen molar-refractivity contribution in [1.29, 1.82) is 0 Å². The van der Waals surface area contributed by atoms with E-state index in [1.165, 1.54) is 5.56 Å². The van der Waals surface area contributed by atoms with Crippen LogP contribution in [0.25, 0.3) is 0 Å². The SMILES string of the molecule is CNc1ccc(C[n+]2ccccc2)cc1. The molecule has 2 nitrogen and oxygen atoms in total. The topological polar surface area (TPSA) is 15.9 Å². The van der Waals surface area contributed by atoms with Crippen molar-refractivity contribution in [2.24, 2.45) is 0 Å². The van der Waals surface area contributed by atoms with Gasteiger partial charge >= 0.3 is 0 Å². The Morgan fingerprint density at radius 3 is 2.27 bits per heavy atom. The van der Waals surface area contributed by atoms with Gasteiger partial charge in [0.25, 0.3) is 0 Å². The molecule has 0 aliphatic carbocycles. The zero-order valence-electron chi connectivity index (χ0n) is 8.85. The van der Waals surface area contributed by atoms with E-state index in [0.717, 1.165) is 12.2 Å². The molecule has 0 bridgehead atoms. The van der Waals surface area contributed by atoms with Gasteiger partial charge in [0.05, 0.1) is 0 Å². The molecule has 2 aromatic rings. The maximum absolute atomic E-state index is 3.11. The number of pyridine rings is 1. The highest BCUT2D eigenvalue weighted by Gasteiger charge is 2.00. The van der Waals surface area contributed by atoms with Crippen molar-refractivity contribution in [3.05, 3.63) is 60.4 Å². The summed E-state index contributed by atoms with van der Waals surface area (Å²) in [5, 5.41) is 3.11. The summed E-state index contributed by atoms with van der Waals surface area (Å²) in [6, 6.07) is 14.6. The van der Waals surface area contributed by atoms with Crippen molar-refractivity contribution in [3.8, 4) is 0 Å². The Morgan fingerprint density at radius 1 is 1.00 bits per heavy atom. The fourth-order valence-corrected chi connectivity index (χ4v) is 1.53. The fraction of sp³-hybridized carbons (Fsp3) is 0.154. The van der Waals surface area contributed by atoms with Crippen molar-refractivity contribution in [2.75, 3.05) is 12.4 Å². The summed E-state index contributed by atoms with van der Waals surface area (Å²) >= 11 is 0. The highest BCUT2D eigenvalue weighted by Crippen LogP contribution is 2.07. The zero-order chi connectivity index (χ0) is 10.5. The molecule has 76 valence electrons. The number of nitrogens with zero attached hydrogens (tertiary/aromatic N) is 1. The van der Waals surface area contributed by atoms with Gasteiger partial charge in [-0.25, -0.2) is 4.57 Å². The molecule has 0 amide bonds. The Morgan fingerprint density at radius 2 is 1.67 bits per heavy atom. The van der Waals surface area contributed by atoms with Gasteiger partial charge in [-0.15, -0.1) is 0 Å². The normalized spacial score (nSPS) is 9.93. The standard InChI is InChI=1S/C13H15N2/c1-14-13-7-5-12(6-8-13)11-15-9-3-2-4-10-15/h2-10,14H,11H2,1H3/q+1. The molecule has 2 heteroatoms. The maximum Gasteiger partial charge on any atom is 0.173 e. The van der Waals surface area contributed by atoms with Crippen LogP contribution in [0.5, 0.6) is 0 Å². The Bertz CT molecular complexity index is 406. The van der Waals surface area contributed by atoms with Crippen LogP contribution in [0.3, 0.4) is 0 Å². The minimum Gasteiger partial charge on any atom is -0.388 e. The second-order valence-electron chi connectivity index (χ2n) is 3.49. The summed E-state index contributed by atoms with van der Waals surface area (Å²) in [6.07, 6.45) is 4.15. The molecule has 15 heavy (non-hydrogen) atoms. The molecule has 0 saturated carbocycles. The van der Waals surface area contributed by atoms with Crippen LogP contribution in [0.15, 0.2) is 54.9 Å². The number of aromatic nitrogens is 1. The van der Waals surface area contributed by atoms with E-state index in [0.29, 0.717) is 0 Å². The van der Waals surface area contributed by atoms with Gasteiger partial charge in [-0.1, -0.05) is 18.2 Å². The number of rotatable bonds is 3. The lowest BCUT2D eigenvalue weighted by molar-refractivity contribution is -0.688. The Hall–Kier alpha value is -1.83. The average molecular weight is 199 g/mol. The number of hydrogen-bond donors (Lipinski definition) is 1. The number of hydrogen-bond acceptors (Lipinski definition) is 1. The lowest BCUT2D eigenvalue weighted by Crippen LogP contribution is -2.32. The van der Waals surface area contributed by atoms with Crippen LogP contribution in [0.4, 0.5) is 5.69 Å². The van der Waals surface area contributed by atoms with Crippen LogP contribution in [-0.4, -0.2) is 7.05 Å². The van der Waals surface area contributed by atoms with Gasteiger partial charge in [-0.05, 0) is 12.1 Å². The van der Waals surface area contributed by atoms with E-state index < -0.39 is 0 Å². The quantitative estimate of drug-likeness (QED) is 0.748. The Labute approximate surface area is 90.2 Å². The second-order valence-corrected chi connectivity index (χ2v) is 3.49. The van der Waals surface area contributed by atoms with E-state index in [9.17, 15) is 0 Å². The van der Waals surface area contributed by atoms with Crippen molar-refractivity contribution in [2.45, 2.75) is 6.54 Å². The molecule has 0 aliphatic heterocycles. The van der Waals surface area contributed by atoms with Gasteiger partial charge in [0.15, 0.2) is 18.9 Å². The minimum atomic E-state index is 0.921. The summed E-state index contributed by atoms with van der Waals surface area (Å²) < 4.78 is 2.16. The molecule has 0 saturated heterocycles. The molecule has 2 rings (SSSR count). The largest absolute Gasteiger partial charge is 0.388 e. The highest BCUT2D eigenvalue weighted by atomic mass is 14.9. The van der Waals surface area contributed by atoms with Gasteiger partial charge in [0.1, 0.15) is 0 Å². The molecule has 0 aliphatic rings. The summed E-state index contributed by atoms with van der Waals surface area (Å²) in [7, 11) is 1.93. The summed E-state index contributed by atoms with van der Waals surface area (Å²) in [5.41, 5.74) is 2.46. The monoisotopic (exact) mass is 199 g/mol. The van der Waals surface area contributed by atoms with Crippen LogP contribution in [0.2, 0.25) is 0 Å². The van der Waals surface area contributed by atoms with Crippen LogP contribution < -0.4 is 9.88 Å². The molecule has 1 aromatic heterocycles. The van der Waals surface area contributed by atoms with Gasteiger partial charge < -0.3 is 5.32 Å². The smallest absolute Gasteiger partial charge is 0.173 e. The van der Waals surface area contributed by atoms with Gasteiger partial charge in [0, 0.05) is 30.4 Å². The van der Waals surface area contributed by atoms with Crippen LogP contribution in [0, 0.1) is 0 Å². The molecule has 1 aromatic carbocycles. The lowest BCUT2D eigenvalue weighted by atomic mass is 10.2. The lowest BCUT2D eigenvalue weighted by Gasteiger charge is -2.01. The first-order valence-corrected chi connectivity index (χ1v) is 5.09. The molecule has 0 spiro atoms. The molecule has 0 atom stereocenters. The van der Waals surface area contributed by atoms with Gasteiger partial charge in [-0.3, -0.25) is 0 Å². The molecule has 1 heterocycles. The van der Waals surface area contributed by atoms with E-state index in [4.69, 9.17) is 0 Å². The van der Waals surface area contributed by atoms with Crippen molar-refractivity contribution < 1.29 is 4.57 Å². The average Bonchev–Trinajstić information content (AvgIpc) is 2.31. The molecule has 1 N–H and O–H groups in total. The molecular weight excluding hydrogens is 184 g/mol. The van der Waals surface area contributed by atoms with E-state index >= 15 is 0 Å². The first-order valence-electron chi connectivity index (χ1n) is 5.09. The van der Waals surface area contributed by atoms with E-state index in [1.807, 2.05) is 25.2 Å². The highest BCUT2D eigenvalue weighted by molar-refractivity contribution is 5.43. The summed E-state index contributed by atoms with van der Waals surface area (Å²) in [6.45, 7) is 0.921. The summed E-state index contributed by atoms with van der Waals surface area (Å²) in [5.74, 6) is 0. The van der Waals surface area contributed by atoms with Crippen molar-refractivity contribution in [1.82, 2.24) is 0 Å². The van der Waals surface area contributed by atoms with E-state index in [2.05, 4.69) is 46.5 Å². The predicted octanol–water partition coefficient (Wildman–Crippen LogP) is 2.06. The van der Waals surface area contributed by atoms with Crippen LogP contribution >= 0.6 is 0 Å². The third-order valence-corrected chi connectivity index (χ3v) is 2.39. The summed E-state index contributed by atoms with van der Waals surface area (Å²) in [4.78, 5) is 0. The van der Waals surface area contributed by atoms with Crippen LogP contribution in [0.1, 0.15) is 5.56 Å². The number of anilines is 1. The van der Waals surface area contributed by atoms with E-state index in [-0.39, 0.29) is 0 Å². The first-order chi connectivity index (χ1) is 7.38. The van der Waals surface area contributed by atoms with Crippen LogP contribution in [-0.2, 0) is 6.54 Å². The second kappa shape index (κ2) is 4.60. The zero-order valence-corrected chi connectivity index (χ0v) is 8.85. The fourth-order valence-electron chi connectivity index (χ4n) is 1.53. The molecule has 0 unspecified atom stereocenters. The number of nitrogens with one attached hydrogen (secondary N) is 1. The van der Waals surface area contributed by atoms with Crippen molar-refractivity contribution in [3.63, 3.8) is 0 Å². The number of benzene rings is 1. The van der Waals surface area contributed by atoms with E-state index in [1.54, 1.807) is 0 Å². The third kappa shape index (κ3) is 2.56. The maximum atomic E-state index is 3.11. The first kappa shape index (κ1) is 9.71.